The molecule has 2 aromatic rings. The minimum absolute atomic E-state index is 0.395. The molecule has 1 fully saturated rings. The number of aromatic nitrogens is 3. The molecule has 6 nitrogen and oxygen atoms in total. The van der Waals surface area contributed by atoms with Crippen LogP contribution in [0.1, 0.15) is 35.6 Å². The number of piperidine rings is 1. The highest BCUT2D eigenvalue weighted by molar-refractivity contribution is 5.88. The third-order valence-electron chi connectivity index (χ3n) is 3.90. The number of methoxy groups -OCH3 is 1. The summed E-state index contributed by atoms with van der Waals surface area (Å²) in [5, 5.41) is 4.44. The number of esters is 1. The van der Waals surface area contributed by atoms with Crippen LogP contribution in [0.4, 0.5) is 0 Å². The molecule has 0 radical (unpaired) electrons. The van der Waals surface area contributed by atoms with Crippen LogP contribution in [0.25, 0.3) is 5.65 Å². The fraction of sp³-hybridized carbons (Fsp3) is 0.533. The van der Waals surface area contributed by atoms with Crippen molar-refractivity contribution in [3.05, 3.63) is 29.7 Å². The van der Waals surface area contributed by atoms with E-state index in [4.69, 9.17) is 4.74 Å². The minimum atomic E-state index is -0.395. The molecule has 0 unspecified atom stereocenters. The van der Waals surface area contributed by atoms with E-state index in [1.165, 1.54) is 39.5 Å². The minimum Gasteiger partial charge on any atom is -0.464 e. The number of hydrogen-bond acceptors (Lipinski definition) is 5. The fourth-order valence-corrected chi connectivity index (χ4v) is 2.76. The van der Waals surface area contributed by atoms with Crippen molar-refractivity contribution < 1.29 is 9.53 Å². The Bertz CT molecular complexity index is 632. The number of carbonyl (C=O) groups excluding carboxylic acids is 1. The van der Waals surface area contributed by atoms with E-state index >= 15 is 0 Å². The Morgan fingerprint density at radius 3 is 2.86 bits per heavy atom. The Morgan fingerprint density at radius 2 is 2.10 bits per heavy atom. The molecule has 0 atom stereocenters. The summed E-state index contributed by atoms with van der Waals surface area (Å²) in [6.07, 6.45) is 4.71. The van der Waals surface area contributed by atoms with Crippen LogP contribution in [-0.4, -0.2) is 52.2 Å². The Labute approximate surface area is 123 Å². The maximum absolute atomic E-state index is 11.7. The molecule has 21 heavy (non-hydrogen) atoms. The molecule has 1 aliphatic heterocycles. The van der Waals surface area contributed by atoms with Gasteiger partial charge in [0.25, 0.3) is 0 Å². The van der Waals surface area contributed by atoms with Gasteiger partial charge >= 0.3 is 5.97 Å². The molecular weight excluding hydrogens is 268 g/mol. The van der Waals surface area contributed by atoms with Gasteiger partial charge in [0.1, 0.15) is 0 Å². The molecule has 1 saturated heterocycles. The van der Waals surface area contributed by atoms with E-state index in [2.05, 4.69) is 15.0 Å². The number of pyridine rings is 1. The number of fused-ring (bicyclic) bond motifs is 1. The highest BCUT2D eigenvalue weighted by Crippen LogP contribution is 2.11. The Balaban J connectivity index is 1.76. The molecule has 0 N–H and O–H groups in total. The van der Waals surface area contributed by atoms with Crippen molar-refractivity contribution in [1.29, 1.82) is 0 Å². The molecule has 0 saturated carbocycles. The van der Waals surface area contributed by atoms with Gasteiger partial charge in [-0.05, 0) is 38.1 Å². The van der Waals surface area contributed by atoms with Gasteiger partial charge in [0.05, 0.1) is 7.11 Å². The molecule has 2 aromatic heterocycles. The quantitative estimate of drug-likeness (QED) is 0.799. The molecular formula is C15H20N4O2. The predicted octanol–water partition coefficient (Wildman–Crippen LogP) is 1.54. The molecule has 0 aromatic carbocycles. The lowest BCUT2D eigenvalue weighted by Gasteiger charge is -2.25. The highest BCUT2D eigenvalue weighted by Gasteiger charge is 2.15. The molecule has 6 heteroatoms. The summed E-state index contributed by atoms with van der Waals surface area (Å²) in [5.74, 6) is 0.380. The average molecular weight is 288 g/mol. The SMILES string of the molecule is COC(=O)c1cccc2nc(CCN3CCCCC3)nn12. The van der Waals surface area contributed by atoms with Crippen LogP contribution in [0, 0.1) is 0 Å². The van der Waals surface area contributed by atoms with E-state index in [9.17, 15) is 4.79 Å². The highest BCUT2D eigenvalue weighted by atomic mass is 16.5. The summed E-state index contributed by atoms with van der Waals surface area (Å²) in [4.78, 5) is 18.7. The summed E-state index contributed by atoms with van der Waals surface area (Å²) >= 11 is 0. The van der Waals surface area contributed by atoms with Gasteiger partial charge in [0.2, 0.25) is 0 Å². The van der Waals surface area contributed by atoms with Gasteiger partial charge in [-0.3, -0.25) is 0 Å². The Hall–Kier alpha value is -1.95. The van der Waals surface area contributed by atoms with Gasteiger partial charge in [-0.1, -0.05) is 12.5 Å². The van der Waals surface area contributed by atoms with E-state index in [1.807, 2.05) is 6.07 Å². The number of carbonyl (C=O) groups is 1. The van der Waals surface area contributed by atoms with Gasteiger partial charge in [0, 0.05) is 13.0 Å². The standard InChI is InChI=1S/C15H20N4O2/c1-21-15(20)12-6-5-7-14-16-13(17-19(12)14)8-11-18-9-3-2-4-10-18/h5-7H,2-4,8-11H2,1H3. The molecule has 112 valence electrons. The monoisotopic (exact) mass is 288 g/mol. The van der Waals surface area contributed by atoms with Gasteiger partial charge < -0.3 is 9.64 Å². The zero-order valence-electron chi connectivity index (χ0n) is 12.3. The van der Waals surface area contributed by atoms with Gasteiger partial charge in [-0.2, -0.15) is 5.10 Å². The van der Waals surface area contributed by atoms with Gasteiger partial charge in [0.15, 0.2) is 17.2 Å². The Morgan fingerprint density at radius 1 is 1.29 bits per heavy atom. The van der Waals surface area contributed by atoms with E-state index in [-0.39, 0.29) is 0 Å². The number of rotatable bonds is 4. The maximum atomic E-state index is 11.7. The zero-order valence-corrected chi connectivity index (χ0v) is 12.3. The summed E-state index contributed by atoms with van der Waals surface area (Å²) in [6, 6.07) is 5.34. The molecule has 3 rings (SSSR count). The third-order valence-corrected chi connectivity index (χ3v) is 3.90. The van der Waals surface area contributed by atoms with Crippen molar-refractivity contribution >= 4 is 11.6 Å². The Kier molecular flexibility index (Phi) is 4.15. The normalized spacial score (nSPS) is 16.2. The van der Waals surface area contributed by atoms with Crippen LogP contribution in [0.2, 0.25) is 0 Å². The number of likely N-dealkylation sites (tertiary alicyclic amines) is 1. The first kappa shape index (κ1) is 14.0. The van der Waals surface area contributed by atoms with Crippen LogP contribution in [0.5, 0.6) is 0 Å². The van der Waals surface area contributed by atoms with E-state index in [0.717, 1.165) is 18.8 Å². The summed E-state index contributed by atoms with van der Waals surface area (Å²) in [6.45, 7) is 3.31. The third kappa shape index (κ3) is 3.05. The molecule has 0 spiro atoms. The second kappa shape index (κ2) is 6.22. The van der Waals surface area contributed by atoms with Crippen LogP contribution >= 0.6 is 0 Å². The summed E-state index contributed by atoms with van der Waals surface area (Å²) < 4.78 is 6.34. The number of ether oxygens (including phenoxy) is 1. The molecule has 0 amide bonds. The molecule has 0 aliphatic carbocycles. The lowest BCUT2D eigenvalue weighted by molar-refractivity contribution is 0.0591. The largest absolute Gasteiger partial charge is 0.464 e. The van der Waals surface area contributed by atoms with Crippen molar-refractivity contribution in [2.75, 3.05) is 26.7 Å². The second-order valence-electron chi connectivity index (χ2n) is 5.35. The van der Waals surface area contributed by atoms with Crippen molar-refractivity contribution in [2.45, 2.75) is 25.7 Å². The molecule has 3 heterocycles. The van der Waals surface area contributed by atoms with Gasteiger partial charge in [-0.15, -0.1) is 0 Å². The lowest BCUT2D eigenvalue weighted by atomic mass is 10.1. The van der Waals surface area contributed by atoms with Gasteiger partial charge in [-0.25, -0.2) is 14.3 Å². The van der Waals surface area contributed by atoms with Crippen LogP contribution in [0.3, 0.4) is 0 Å². The topological polar surface area (TPSA) is 59.7 Å². The smallest absolute Gasteiger partial charge is 0.356 e. The first-order chi connectivity index (χ1) is 10.3. The predicted molar refractivity (Wildman–Crippen MR) is 78.3 cm³/mol. The fourth-order valence-electron chi connectivity index (χ4n) is 2.76. The van der Waals surface area contributed by atoms with Crippen molar-refractivity contribution in [2.24, 2.45) is 0 Å². The van der Waals surface area contributed by atoms with Crippen molar-refractivity contribution in [3.8, 4) is 0 Å². The number of nitrogens with zero attached hydrogens (tertiary/aromatic N) is 4. The molecule has 0 bridgehead atoms. The van der Waals surface area contributed by atoms with E-state index in [0.29, 0.717) is 11.3 Å². The zero-order chi connectivity index (χ0) is 14.7. The van der Waals surface area contributed by atoms with E-state index < -0.39 is 5.97 Å². The van der Waals surface area contributed by atoms with Crippen LogP contribution in [-0.2, 0) is 11.2 Å². The van der Waals surface area contributed by atoms with Crippen LogP contribution in [0.15, 0.2) is 18.2 Å². The molecule has 1 aliphatic rings. The number of hydrogen-bond donors (Lipinski definition) is 0. The van der Waals surface area contributed by atoms with Crippen molar-refractivity contribution in [1.82, 2.24) is 19.5 Å². The first-order valence-corrected chi connectivity index (χ1v) is 7.43. The average Bonchev–Trinajstić information content (AvgIpc) is 2.96. The second-order valence-corrected chi connectivity index (χ2v) is 5.35. The summed E-state index contributed by atoms with van der Waals surface area (Å²) in [7, 11) is 1.37. The maximum Gasteiger partial charge on any atom is 0.356 e. The summed E-state index contributed by atoms with van der Waals surface area (Å²) in [5.41, 5.74) is 1.10. The van der Waals surface area contributed by atoms with Crippen LogP contribution < -0.4 is 0 Å². The van der Waals surface area contributed by atoms with Crippen molar-refractivity contribution in [3.63, 3.8) is 0 Å². The van der Waals surface area contributed by atoms with E-state index in [1.54, 1.807) is 16.6 Å². The first-order valence-electron chi connectivity index (χ1n) is 7.43. The lowest BCUT2D eigenvalue weighted by Crippen LogP contribution is -2.31.